The third kappa shape index (κ3) is 3.23. The van der Waals surface area contributed by atoms with Gasteiger partial charge in [-0.1, -0.05) is 0 Å². The Labute approximate surface area is 168 Å². The maximum atomic E-state index is 13.5. The van der Waals surface area contributed by atoms with Crippen LogP contribution in [0.4, 0.5) is 4.39 Å². The van der Waals surface area contributed by atoms with E-state index in [9.17, 15) is 4.39 Å². The number of H-pyrrole nitrogens is 1. The molecule has 0 radical (unpaired) electrons. The van der Waals surface area contributed by atoms with Gasteiger partial charge in [-0.25, -0.2) is 14.4 Å². The summed E-state index contributed by atoms with van der Waals surface area (Å²) in [6.07, 6.45) is 10.2. The molecule has 0 spiro atoms. The number of nitrogens with zero attached hydrogens (tertiary/aromatic N) is 3. The molecule has 3 aromatic heterocycles. The minimum Gasteiger partial charge on any atom is -0.381 e. The van der Waals surface area contributed by atoms with Crippen LogP contribution in [0.15, 0.2) is 55.1 Å². The van der Waals surface area contributed by atoms with Crippen molar-refractivity contribution >= 4 is 11.0 Å². The predicted molar refractivity (Wildman–Crippen MR) is 111 cm³/mol. The molecule has 1 aliphatic rings. The number of nitrogens with one attached hydrogen (secondary N) is 1. The van der Waals surface area contributed by atoms with Crippen molar-refractivity contribution in [1.82, 2.24) is 19.5 Å². The number of imidazole rings is 1. The van der Waals surface area contributed by atoms with E-state index in [1.165, 1.54) is 12.1 Å². The molecule has 0 bridgehead atoms. The summed E-state index contributed by atoms with van der Waals surface area (Å²) in [7, 11) is 1.79. The molecule has 5 nitrogen and oxygen atoms in total. The monoisotopic (exact) mass is 390 g/mol. The number of hydrogen-bond donors (Lipinski definition) is 1. The van der Waals surface area contributed by atoms with Crippen molar-refractivity contribution in [3.8, 4) is 22.5 Å². The van der Waals surface area contributed by atoms with Crippen molar-refractivity contribution < 1.29 is 9.13 Å². The summed E-state index contributed by atoms with van der Waals surface area (Å²) in [6.45, 7) is 0. The van der Waals surface area contributed by atoms with Crippen LogP contribution in [-0.2, 0) is 4.74 Å². The van der Waals surface area contributed by atoms with E-state index >= 15 is 0 Å². The number of benzene rings is 1. The molecule has 0 atom stereocenters. The lowest BCUT2D eigenvalue weighted by atomic mass is 9.92. The van der Waals surface area contributed by atoms with Gasteiger partial charge in [0.15, 0.2) is 0 Å². The first-order valence-corrected chi connectivity index (χ1v) is 10.0. The lowest BCUT2D eigenvalue weighted by Gasteiger charge is -2.29. The summed E-state index contributed by atoms with van der Waals surface area (Å²) in [5, 5.41) is 1.06. The highest BCUT2D eigenvalue weighted by Crippen LogP contribution is 2.40. The summed E-state index contributed by atoms with van der Waals surface area (Å²) in [5.41, 5.74) is 4.77. The van der Waals surface area contributed by atoms with Gasteiger partial charge in [-0.05, 0) is 62.1 Å². The molecule has 0 unspecified atom stereocenters. The molecule has 1 fully saturated rings. The Morgan fingerprint density at radius 1 is 1.03 bits per heavy atom. The quantitative estimate of drug-likeness (QED) is 0.510. The van der Waals surface area contributed by atoms with E-state index < -0.39 is 0 Å². The van der Waals surface area contributed by atoms with Gasteiger partial charge in [-0.15, -0.1) is 0 Å². The van der Waals surface area contributed by atoms with Crippen molar-refractivity contribution in [2.24, 2.45) is 0 Å². The van der Waals surface area contributed by atoms with Crippen molar-refractivity contribution in [1.29, 1.82) is 0 Å². The van der Waals surface area contributed by atoms with Crippen molar-refractivity contribution in [3.63, 3.8) is 0 Å². The predicted octanol–water partition coefficient (Wildman–Crippen LogP) is 5.36. The summed E-state index contributed by atoms with van der Waals surface area (Å²) in [6, 6.07) is 11.0. The van der Waals surface area contributed by atoms with E-state index in [0.29, 0.717) is 12.1 Å². The summed E-state index contributed by atoms with van der Waals surface area (Å²) in [5.74, 6) is -0.246. The second kappa shape index (κ2) is 7.44. The Hall–Kier alpha value is -2.99. The zero-order chi connectivity index (χ0) is 19.8. The smallest absolute Gasteiger partial charge is 0.137 e. The molecule has 6 heteroatoms. The fraction of sp³-hybridized carbons (Fsp3) is 0.304. The number of ether oxygens (including phenoxy) is 1. The highest BCUT2D eigenvalue weighted by molar-refractivity contribution is 5.95. The lowest BCUT2D eigenvalue weighted by Crippen LogP contribution is -2.22. The Morgan fingerprint density at radius 2 is 1.83 bits per heavy atom. The lowest BCUT2D eigenvalue weighted by molar-refractivity contribution is 0.0586. The Bertz CT molecular complexity index is 1120. The highest BCUT2D eigenvalue weighted by Gasteiger charge is 2.26. The zero-order valence-electron chi connectivity index (χ0n) is 16.3. The van der Waals surface area contributed by atoms with Crippen molar-refractivity contribution in [3.05, 3.63) is 60.9 Å². The number of fused-ring (bicyclic) bond motifs is 1. The van der Waals surface area contributed by atoms with E-state index in [1.807, 2.05) is 30.9 Å². The summed E-state index contributed by atoms with van der Waals surface area (Å²) >= 11 is 0. The molecule has 29 heavy (non-hydrogen) atoms. The Balaban J connectivity index is 1.66. The van der Waals surface area contributed by atoms with Crippen molar-refractivity contribution in [2.45, 2.75) is 37.8 Å². The zero-order valence-corrected chi connectivity index (χ0v) is 16.3. The maximum absolute atomic E-state index is 13.5. The topological polar surface area (TPSA) is 55.7 Å². The Morgan fingerprint density at radius 3 is 2.59 bits per heavy atom. The van der Waals surface area contributed by atoms with E-state index in [-0.39, 0.29) is 5.82 Å². The minimum atomic E-state index is -0.246. The number of pyridine rings is 1. The minimum absolute atomic E-state index is 0.246. The van der Waals surface area contributed by atoms with Crippen LogP contribution in [0.2, 0.25) is 0 Å². The Kier molecular flexibility index (Phi) is 4.64. The van der Waals surface area contributed by atoms with Crippen LogP contribution in [0.3, 0.4) is 0 Å². The molecule has 1 aromatic carbocycles. The number of hydrogen-bond acceptors (Lipinski definition) is 3. The normalized spacial score (nSPS) is 19.7. The number of rotatable bonds is 4. The molecule has 0 amide bonds. The van der Waals surface area contributed by atoms with E-state index in [1.54, 1.807) is 19.2 Å². The van der Waals surface area contributed by atoms with Gasteiger partial charge in [0.1, 0.15) is 11.5 Å². The fourth-order valence-corrected chi connectivity index (χ4v) is 4.45. The summed E-state index contributed by atoms with van der Waals surface area (Å²) < 4.78 is 21.4. The first-order chi connectivity index (χ1) is 14.2. The molecule has 0 saturated heterocycles. The van der Waals surface area contributed by atoms with Crippen LogP contribution in [0, 0.1) is 5.82 Å². The van der Waals surface area contributed by atoms with Crippen LogP contribution in [0.1, 0.15) is 31.7 Å². The van der Waals surface area contributed by atoms with Crippen LogP contribution in [0.25, 0.3) is 33.5 Å². The largest absolute Gasteiger partial charge is 0.381 e. The summed E-state index contributed by atoms with van der Waals surface area (Å²) in [4.78, 5) is 12.4. The second-order valence-electron chi connectivity index (χ2n) is 7.62. The molecule has 1 N–H and O–H groups in total. The van der Waals surface area contributed by atoms with Crippen LogP contribution in [0.5, 0.6) is 0 Å². The molecular formula is C23H23FN4O. The van der Waals surface area contributed by atoms with E-state index in [4.69, 9.17) is 9.72 Å². The van der Waals surface area contributed by atoms with Crippen LogP contribution in [-0.4, -0.2) is 32.7 Å². The van der Waals surface area contributed by atoms with Gasteiger partial charge in [-0.3, -0.25) is 0 Å². The van der Waals surface area contributed by atoms with Gasteiger partial charge in [0.25, 0.3) is 0 Å². The first-order valence-electron chi connectivity index (χ1n) is 10.0. The number of halogens is 1. The van der Waals surface area contributed by atoms with Crippen LogP contribution >= 0.6 is 0 Å². The molecule has 3 heterocycles. The van der Waals surface area contributed by atoms with Gasteiger partial charge >= 0.3 is 0 Å². The highest BCUT2D eigenvalue weighted by atomic mass is 19.1. The van der Waals surface area contributed by atoms with Crippen molar-refractivity contribution in [2.75, 3.05) is 7.11 Å². The fourth-order valence-electron chi connectivity index (χ4n) is 4.45. The molecule has 4 aromatic rings. The second-order valence-corrected chi connectivity index (χ2v) is 7.62. The van der Waals surface area contributed by atoms with Gasteiger partial charge < -0.3 is 14.3 Å². The molecular weight excluding hydrogens is 367 g/mol. The van der Waals surface area contributed by atoms with Gasteiger partial charge in [-0.2, -0.15) is 0 Å². The first kappa shape index (κ1) is 18.1. The van der Waals surface area contributed by atoms with Gasteiger partial charge in [0.05, 0.1) is 23.8 Å². The standard InChI is InChI=1S/C23H23FN4O/c1-29-18-8-6-17(7-9-18)28-14-27-21(15-2-4-16(24)5-3-15)22(28)19-10-12-25-23-20(19)11-13-26-23/h2-5,10-14,17-18H,6-9H2,1H3,(H,25,26). The number of aromatic nitrogens is 4. The number of aromatic amines is 1. The molecule has 5 rings (SSSR count). The maximum Gasteiger partial charge on any atom is 0.137 e. The third-order valence-electron chi connectivity index (χ3n) is 6.00. The molecule has 0 aliphatic heterocycles. The average molecular weight is 390 g/mol. The molecule has 1 aliphatic carbocycles. The van der Waals surface area contributed by atoms with Gasteiger partial charge in [0, 0.05) is 42.1 Å². The molecule has 1 saturated carbocycles. The SMILES string of the molecule is COC1CCC(n2cnc(-c3ccc(F)cc3)c2-c2ccnc3[nH]ccc23)CC1. The number of methoxy groups -OCH3 is 1. The average Bonchev–Trinajstić information content (AvgIpc) is 3.41. The van der Waals surface area contributed by atoms with Gasteiger partial charge in [0.2, 0.25) is 0 Å². The van der Waals surface area contributed by atoms with Crippen LogP contribution < -0.4 is 0 Å². The molecule has 148 valence electrons. The van der Waals surface area contributed by atoms with E-state index in [2.05, 4.69) is 14.5 Å². The van der Waals surface area contributed by atoms with E-state index in [0.717, 1.165) is 59.2 Å². The third-order valence-corrected chi connectivity index (χ3v) is 6.00.